The smallest absolute Gasteiger partial charge is 0.331 e. The molecule has 2 N–H and O–H groups in total. The van der Waals surface area contributed by atoms with Gasteiger partial charge in [-0.05, 0) is 51.3 Å². The van der Waals surface area contributed by atoms with Crippen LogP contribution < -0.4 is 20.3 Å². The van der Waals surface area contributed by atoms with E-state index in [9.17, 15) is 9.59 Å². The maximum atomic E-state index is 13.4. The van der Waals surface area contributed by atoms with Gasteiger partial charge in [-0.15, -0.1) is 11.3 Å². The summed E-state index contributed by atoms with van der Waals surface area (Å²) in [5, 5.41) is 7.60. The predicted octanol–water partition coefficient (Wildman–Crippen LogP) is 4.74. The van der Waals surface area contributed by atoms with Crippen LogP contribution in [0.2, 0.25) is 0 Å². The molecule has 3 amide bonds. The number of thiophene rings is 1. The molecular formula is C26H30N6O3S. The summed E-state index contributed by atoms with van der Waals surface area (Å²) < 4.78 is 5.71. The molecule has 0 spiro atoms. The van der Waals surface area contributed by atoms with Crippen LogP contribution in [-0.4, -0.2) is 52.0 Å². The lowest BCUT2D eigenvalue weighted by molar-refractivity contribution is -0.127. The van der Waals surface area contributed by atoms with Gasteiger partial charge in [-0.3, -0.25) is 9.69 Å². The van der Waals surface area contributed by atoms with Crippen LogP contribution in [0.25, 0.3) is 10.2 Å². The molecule has 0 aromatic carbocycles. The number of rotatable bonds is 7. The molecule has 9 nitrogen and oxygen atoms in total. The average molecular weight is 507 g/mol. The van der Waals surface area contributed by atoms with Crippen molar-refractivity contribution in [3.8, 4) is 5.88 Å². The van der Waals surface area contributed by atoms with E-state index in [0.717, 1.165) is 51.4 Å². The van der Waals surface area contributed by atoms with Crippen molar-refractivity contribution in [1.82, 2.24) is 20.2 Å². The number of pyridine rings is 2. The molecule has 3 aromatic rings. The van der Waals surface area contributed by atoms with E-state index in [1.165, 1.54) is 6.08 Å². The van der Waals surface area contributed by atoms with Gasteiger partial charge in [-0.1, -0.05) is 6.58 Å². The topological polar surface area (TPSA) is 99.7 Å². The zero-order valence-electron chi connectivity index (χ0n) is 20.7. The van der Waals surface area contributed by atoms with E-state index in [0.29, 0.717) is 24.7 Å². The molecule has 0 bridgehead atoms. The Morgan fingerprint density at radius 3 is 2.97 bits per heavy atom. The second-order valence-electron chi connectivity index (χ2n) is 9.36. The van der Waals surface area contributed by atoms with E-state index in [1.54, 1.807) is 28.6 Å². The number of hydrogen-bond donors (Lipinski definition) is 2. The largest absolute Gasteiger partial charge is 0.475 e. The van der Waals surface area contributed by atoms with Gasteiger partial charge in [0, 0.05) is 42.8 Å². The van der Waals surface area contributed by atoms with Crippen LogP contribution in [0.4, 0.5) is 21.9 Å². The number of ether oxygens (including phenoxy) is 1. The first-order valence-electron chi connectivity index (χ1n) is 12.1. The predicted molar refractivity (Wildman–Crippen MR) is 142 cm³/mol. The number of nitrogens with one attached hydrogen (secondary N) is 2. The molecule has 1 saturated heterocycles. The molecular weight excluding hydrogens is 476 g/mol. The van der Waals surface area contributed by atoms with Gasteiger partial charge in [0.15, 0.2) is 0 Å². The van der Waals surface area contributed by atoms with Crippen molar-refractivity contribution < 1.29 is 14.3 Å². The SMILES string of the molecule is C=CC(=O)N1CCC[C@@H](NCc2sc3nccc4c3c2NC(=O)N4c2cnc(OC(C)C)cc2C)C1. The molecule has 2 aliphatic heterocycles. The fourth-order valence-corrected chi connectivity index (χ4v) is 5.85. The molecule has 0 saturated carbocycles. The summed E-state index contributed by atoms with van der Waals surface area (Å²) in [7, 11) is 0. The summed E-state index contributed by atoms with van der Waals surface area (Å²) in [5.41, 5.74) is 3.16. The Labute approximate surface area is 214 Å². The molecule has 3 aromatic heterocycles. The van der Waals surface area contributed by atoms with Gasteiger partial charge < -0.3 is 20.3 Å². The van der Waals surface area contributed by atoms with Gasteiger partial charge >= 0.3 is 6.03 Å². The molecule has 10 heteroatoms. The van der Waals surface area contributed by atoms with E-state index in [-0.39, 0.29) is 24.1 Å². The Morgan fingerprint density at radius 1 is 1.39 bits per heavy atom. The zero-order valence-corrected chi connectivity index (χ0v) is 21.5. The maximum absolute atomic E-state index is 13.4. The summed E-state index contributed by atoms with van der Waals surface area (Å²) in [4.78, 5) is 39.8. The van der Waals surface area contributed by atoms with Crippen LogP contribution in [0.5, 0.6) is 5.88 Å². The third-order valence-corrected chi connectivity index (χ3v) is 7.53. The van der Waals surface area contributed by atoms with Crippen molar-refractivity contribution in [2.24, 2.45) is 0 Å². The molecule has 1 atom stereocenters. The molecule has 0 unspecified atom stereocenters. The Morgan fingerprint density at radius 2 is 2.22 bits per heavy atom. The van der Waals surface area contributed by atoms with Gasteiger partial charge in [0.25, 0.3) is 0 Å². The minimum atomic E-state index is -0.238. The number of aromatic nitrogens is 2. The van der Waals surface area contributed by atoms with E-state index >= 15 is 0 Å². The van der Waals surface area contributed by atoms with E-state index in [1.807, 2.05) is 37.8 Å². The summed E-state index contributed by atoms with van der Waals surface area (Å²) in [5.74, 6) is 0.498. The number of likely N-dealkylation sites (tertiary alicyclic amines) is 1. The number of piperidine rings is 1. The molecule has 188 valence electrons. The number of amides is 3. The maximum Gasteiger partial charge on any atom is 0.331 e. The second-order valence-corrected chi connectivity index (χ2v) is 10.4. The Bertz CT molecular complexity index is 1340. The lowest BCUT2D eigenvalue weighted by atomic mass is 10.1. The quantitative estimate of drug-likeness (QED) is 0.449. The molecule has 0 radical (unpaired) electrons. The van der Waals surface area contributed by atoms with E-state index in [4.69, 9.17) is 4.74 Å². The fraction of sp³-hybridized carbons (Fsp3) is 0.385. The standard InChI is InChI=1S/C26H30N6O3S/c1-5-22(33)31-10-6-7-17(14-31)28-13-20-24-23-18(8-9-27-25(23)36-20)32(26(34)30-24)19-12-29-21(11-16(19)4)35-15(2)3/h5,8-9,11-12,15,17,28H,1,6-7,10,13-14H2,2-4H3,(H,30,34)/t17-/m1/s1. The third-order valence-electron chi connectivity index (χ3n) is 6.43. The first kappa shape index (κ1) is 24.2. The number of nitrogens with zero attached hydrogens (tertiary/aromatic N) is 4. The highest BCUT2D eigenvalue weighted by molar-refractivity contribution is 7.19. The van der Waals surface area contributed by atoms with Gasteiger partial charge in [-0.2, -0.15) is 0 Å². The van der Waals surface area contributed by atoms with Crippen molar-refractivity contribution in [1.29, 1.82) is 0 Å². The normalized spacial score (nSPS) is 17.4. The van der Waals surface area contributed by atoms with Crippen LogP contribution in [0.1, 0.15) is 37.1 Å². The van der Waals surface area contributed by atoms with Crippen LogP contribution in [0, 0.1) is 6.92 Å². The van der Waals surface area contributed by atoms with E-state index in [2.05, 4.69) is 27.2 Å². The van der Waals surface area contributed by atoms with Gasteiger partial charge in [-0.25, -0.2) is 14.8 Å². The number of aryl methyl sites for hydroxylation is 1. The minimum absolute atomic E-state index is 0.0143. The monoisotopic (exact) mass is 506 g/mol. The summed E-state index contributed by atoms with van der Waals surface area (Å²) in [6, 6.07) is 3.66. The fourth-order valence-electron chi connectivity index (χ4n) is 4.78. The zero-order chi connectivity index (χ0) is 25.4. The molecule has 5 heterocycles. The first-order chi connectivity index (χ1) is 17.4. The highest BCUT2D eigenvalue weighted by Crippen LogP contribution is 2.46. The second kappa shape index (κ2) is 9.87. The van der Waals surface area contributed by atoms with Crippen molar-refractivity contribution in [2.75, 3.05) is 23.3 Å². The Kier molecular flexibility index (Phi) is 6.63. The number of carbonyl (C=O) groups is 2. The summed E-state index contributed by atoms with van der Waals surface area (Å²) in [6.45, 7) is 11.4. The van der Waals surface area contributed by atoms with E-state index < -0.39 is 0 Å². The van der Waals surface area contributed by atoms with Crippen molar-refractivity contribution in [2.45, 2.75) is 52.3 Å². The lowest BCUT2D eigenvalue weighted by Gasteiger charge is -2.33. The lowest BCUT2D eigenvalue weighted by Crippen LogP contribution is -2.47. The summed E-state index contributed by atoms with van der Waals surface area (Å²) in [6.07, 6.45) is 6.74. The summed E-state index contributed by atoms with van der Waals surface area (Å²) >= 11 is 1.57. The average Bonchev–Trinajstić information content (AvgIpc) is 3.21. The molecule has 36 heavy (non-hydrogen) atoms. The van der Waals surface area contributed by atoms with Crippen LogP contribution in [0.15, 0.2) is 37.2 Å². The number of hydrogen-bond acceptors (Lipinski definition) is 7. The van der Waals surface area contributed by atoms with Crippen molar-refractivity contribution >= 4 is 50.6 Å². The number of anilines is 3. The van der Waals surface area contributed by atoms with Crippen molar-refractivity contribution in [3.05, 3.63) is 47.6 Å². The molecule has 2 aliphatic rings. The van der Waals surface area contributed by atoms with Crippen LogP contribution in [-0.2, 0) is 11.3 Å². The number of urea groups is 1. The Balaban J connectivity index is 1.42. The molecule has 1 fully saturated rings. The van der Waals surface area contributed by atoms with Gasteiger partial charge in [0.2, 0.25) is 11.8 Å². The molecule has 0 aliphatic carbocycles. The minimum Gasteiger partial charge on any atom is -0.475 e. The number of carbonyl (C=O) groups excluding carboxylic acids is 2. The van der Waals surface area contributed by atoms with Gasteiger partial charge in [0.1, 0.15) is 4.83 Å². The third kappa shape index (κ3) is 4.54. The Hall–Kier alpha value is -3.50. The first-order valence-corrected chi connectivity index (χ1v) is 13.0. The van der Waals surface area contributed by atoms with Gasteiger partial charge in [0.05, 0.1) is 34.7 Å². The van der Waals surface area contributed by atoms with Crippen LogP contribution in [0.3, 0.4) is 0 Å². The highest BCUT2D eigenvalue weighted by atomic mass is 32.1. The van der Waals surface area contributed by atoms with Crippen molar-refractivity contribution in [3.63, 3.8) is 0 Å². The molecule has 5 rings (SSSR count). The van der Waals surface area contributed by atoms with Crippen LogP contribution >= 0.6 is 11.3 Å². The highest BCUT2D eigenvalue weighted by Gasteiger charge is 2.32.